The van der Waals surface area contributed by atoms with Gasteiger partial charge in [-0.3, -0.25) is 4.79 Å². The Kier molecular flexibility index (Phi) is 6.00. The SMILES string of the molecule is COC(=O)CNC(=O)NCCc1ccccc1Cl. The maximum Gasteiger partial charge on any atom is 0.325 e. The number of rotatable bonds is 5. The quantitative estimate of drug-likeness (QED) is 0.794. The third kappa shape index (κ3) is 5.05. The topological polar surface area (TPSA) is 67.4 Å². The lowest BCUT2D eigenvalue weighted by molar-refractivity contribution is -0.139. The Morgan fingerprint density at radius 2 is 2.00 bits per heavy atom. The monoisotopic (exact) mass is 270 g/mol. The van der Waals surface area contributed by atoms with Gasteiger partial charge in [-0.15, -0.1) is 0 Å². The van der Waals surface area contributed by atoms with Gasteiger partial charge in [-0.1, -0.05) is 29.8 Å². The highest BCUT2D eigenvalue weighted by molar-refractivity contribution is 6.31. The molecule has 0 fully saturated rings. The molecular formula is C12H15ClN2O3. The predicted octanol–water partition coefficient (Wildman–Crippen LogP) is 1.35. The first-order valence-electron chi connectivity index (χ1n) is 5.45. The number of hydrogen-bond acceptors (Lipinski definition) is 3. The summed E-state index contributed by atoms with van der Waals surface area (Å²) in [6.45, 7) is 0.297. The standard InChI is InChI=1S/C12H15ClN2O3/c1-18-11(16)8-15-12(17)14-7-6-9-4-2-3-5-10(9)13/h2-5H,6-8H2,1H3,(H2,14,15,17). The summed E-state index contributed by atoms with van der Waals surface area (Å²) in [5.74, 6) is -0.490. The summed E-state index contributed by atoms with van der Waals surface area (Å²) in [7, 11) is 1.26. The molecule has 0 aliphatic carbocycles. The Bertz CT molecular complexity index is 424. The summed E-state index contributed by atoms with van der Waals surface area (Å²) < 4.78 is 4.39. The van der Waals surface area contributed by atoms with Crippen molar-refractivity contribution in [3.05, 3.63) is 34.9 Å². The van der Waals surface area contributed by atoms with E-state index in [1.807, 2.05) is 18.2 Å². The van der Waals surface area contributed by atoms with Gasteiger partial charge in [0, 0.05) is 11.6 Å². The van der Waals surface area contributed by atoms with Crippen LogP contribution in [0.2, 0.25) is 5.02 Å². The van der Waals surface area contributed by atoms with Gasteiger partial charge in [-0.25, -0.2) is 4.79 Å². The summed E-state index contributed by atoms with van der Waals surface area (Å²) in [5, 5.41) is 5.67. The molecule has 0 saturated heterocycles. The molecule has 6 heteroatoms. The van der Waals surface area contributed by atoms with Crippen molar-refractivity contribution in [1.29, 1.82) is 0 Å². The molecular weight excluding hydrogens is 256 g/mol. The highest BCUT2D eigenvalue weighted by atomic mass is 35.5. The number of esters is 1. The smallest absolute Gasteiger partial charge is 0.325 e. The average Bonchev–Trinajstić information content (AvgIpc) is 2.38. The molecule has 5 nitrogen and oxygen atoms in total. The number of amides is 2. The predicted molar refractivity (Wildman–Crippen MR) is 68.6 cm³/mol. The molecule has 18 heavy (non-hydrogen) atoms. The Balaban J connectivity index is 2.24. The zero-order valence-electron chi connectivity index (χ0n) is 10.0. The van der Waals surface area contributed by atoms with E-state index < -0.39 is 12.0 Å². The van der Waals surface area contributed by atoms with E-state index in [9.17, 15) is 9.59 Å². The molecule has 0 unspecified atom stereocenters. The second kappa shape index (κ2) is 7.55. The van der Waals surface area contributed by atoms with E-state index in [1.165, 1.54) is 7.11 Å². The molecule has 1 aromatic carbocycles. The van der Waals surface area contributed by atoms with Crippen molar-refractivity contribution in [2.75, 3.05) is 20.2 Å². The van der Waals surface area contributed by atoms with E-state index in [0.717, 1.165) is 5.56 Å². The molecule has 0 radical (unpaired) electrons. The molecule has 0 aliphatic rings. The van der Waals surface area contributed by atoms with E-state index in [2.05, 4.69) is 15.4 Å². The number of carbonyl (C=O) groups is 2. The van der Waals surface area contributed by atoms with Crippen LogP contribution in [-0.4, -0.2) is 32.2 Å². The minimum Gasteiger partial charge on any atom is -0.468 e. The molecule has 0 aliphatic heterocycles. The van der Waals surface area contributed by atoms with Crippen molar-refractivity contribution < 1.29 is 14.3 Å². The lowest BCUT2D eigenvalue weighted by Crippen LogP contribution is -2.39. The van der Waals surface area contributed by atoms with Gasteiger partial charge in [-0.2, -0.15) is 0 Å². The fourth-order valence-corrected chi connectivity index (χ4v) is 1.53. The molecule has 0 bridgehead atoms. The van der Waals surface area contributed by atoms with Crippen molar-refractivity contribution in [2.24, 2.45) is 0 Å². The van der Waals surface area contributed by atoms with Crippen LogP contribution in [0.4, 0.5) is 4.79 Å². The Labute approximate surface area is 110 Å². The van der Waals surface area contributed by atoms with Gasteiger partial charge in [0.15, 0.2) is 0 Å². The summed E-state index contributed by atoms with van der Waals surface area (Å²) in [4.78, 5) is 22.0. The normalized spacial score (nSPS) is 9.67. The van der Waals surface area contributed by atoms with Gasteiger partial charge >= 0.3 is 12.0 Å². The van der Waals surface area contributed by atoms with Crippen molar-refractivity contribution >= 4 is 23.6 Å². The number of carbonyl (C=O) groups excluding carboxylic acids is 2. The highest BCUT2D eigenvalue weighted by Gasteiger charge is 2.04. The van der Waals surface area contributed by atoms with Gasteiger partial charge in [0.2, 0.25) is 0 Å². The summed E-state index contributed by atoms with van der Waals surface area (Å²) in [5.41, 5.74) is 0.965. The van der Waals surface area contributed by atoms with Crippen LogP contribution in [0.15, 0.2) is 24.3 Å². The molecule has 0 heterocycles. The number of hydrogen-bond donors (Lipinski definition) is 2. The molecule has 0 saturated carbocycles. The molecule has 0 atom stereocenters. The molecule has 1 aromatic rings. The Hall–Kier alpha value is -1.75. The van der Waals surface area contributed by atoms with Crippen LogP contribution in [0.3, 0.4) is 0 Å². The number of nitrogens with one attached hydrogen (secondary N) is 2. The van der Waals surface area contributed by atoms with Crippen LogP contribution in [0.5, 0.6) is 0 Å². The van der Waals surface area contributed by atoms with Crippen molar-refractivity contribution in [3.63, 3.8) is 0 Å². The summed E-state index contributed by atoms with van der Waals surface area (Å²) in [6, 6.07) is 7.03. The third-order valence-electron chi connectivity index (χ3n) is 2.26. The van der Waals surface area contributed by atoms with Crippen LogP contribution < -0.4 is 10.6 Å². The van der Waals surface area contributed by atoms with Gasteiger partial charge < -0.3 is 15.4 Å². The van der Waals surface area contributed by atoms with Crippen LogP contribution in [0.1, 0.15) is 5.56 Å². The molecule has 0 aromatic heterocycles. The van der Waals surface area contributed by atoms with Crippen LogP contribution in [0.25, 0.3) is 0 Å². The van der Waals surface area contributed by atoms with Gasteiger partial charge in [0.05, 0.1) is 7.11 Å². The maximum atomic E-state index is 11.3. The lowest BCUT2D eigenvalue weighted by atomic mass is 10.1. The first-order valence-corrected chi connectivity index (χ1v) is 5.83. The second-order valence-corrected chi connectivity index (χ2v) is 3.93. The van der Waals surface area contributed by atoms with Gasteiger partial charge in [0.25, 0.3) is 0 Å². The van der Waals surface area contributed by atoms with E-state index in [-0.39, 0.29) is 6.54 Å². The summed E-state index contributed by atoms with van der Waals surface area (Å²) in [6.07, 6.45) is 0.630. The van der Waals surface area contributed by atoms with Crippen LogP contribution >= 0.6 is 11.6 Å². The molecule has 2 N–H and O–H groups in total. The lowest BCUT2D eigenvalue weighted by Gasteiger charge is -2.07. The van der Waals surface area contributed by atoms with Crippen molar-refractivity contribution in [3.8, 4) is 0 Å². The zero-order chi connectivity index (χ0) is 13.4. The van der Waals surface area contributed by atoms with Gasteiger partial charge in [0.1, 0.15) is 6.54 Å². The minimum absolute atomic E-state index is 0.144. The van der Waals surface area contributed by atoms with E-state index in [1.54, 1.807) is 6.07 Å². The third-order valence-corrected chi connectivity index (χ3v) is 2.63. The number of halogens is 1. The molecule has 2 amide bonds. The number of methoxy groups -OCH3 is 1. The van der Waals surface area contributed by atoms with Gasteiger partial charge in [-0.05, 0) is 18.1 Å². The largest absolute Gasteiger partial charge is 0.468 e. The molecule has 0 spiro atoms. The Morgan fingerprint density at radius 3 is 2.67 bits per heavy atom. The summed E-state index contributed by atoms with van der Waals surface area (Å²) >= 11 is 5.97. The van der Waals surface area contributed by atoms with Crippen LogP contribution in [0, 0.1) is 0 Å². The Morgan fingerprint density at radius 1 is 1.28 bits per heavy atom. The minimum atomic E-state index is -0.490. The first-order chi connectivity index (χ1) is 8.63. The van der Waals surface area contributed by atoms with Crippen molar-refractivity contribution in [2.45, 2.75) is 6.42 Å². The molecule has 98 valence electrons. The maximum absolute atomic E-state index is 11.3. The number of benzene rings is 1. The average molecular weight is 271 g/mol. The van der Waals surface area contributed by atoms with Crippen molar-refractivity contribution in [1.82, 2.24) is 10.6 Å². The number of ether oxygens (including phenoxy) is 1. The molecule has 1 rings (SSSR count). The fraction of sp³-hybridized carbons (Fsp3) is 0.333. The first kappa shape index (κ1) is 14.3. The second-order valence-electron chi connectivity index (χ2n) is 3.53. The number of urea groups is 1. The highest BCUT2D eigenvalue weighted by Crippen LogP contribution is 2.14. The van der Waals surface area contributed by atoms with E-state index >= 15 is 0 Å². The fourth-order valence-electron chi connectivity index (χ4n) is 1.30. The van der Waals surface area contributed by atoms with E-state index in [0.29, 0.717) is 18.0 Å². The zero-order valence-corrected chi connectivity index (χ0v) is 10.8. The van der Waals surface area contributed by atoms with Crippen LogP contribution in [-0.2, 0) is 16.0 Å². The van der Waals surface area contributed by atoms with E-state index in [4.69, 9.17) is 11.6 Å².